The Hall–Kier alpha value is -0.950. The molecule has 0 atom stereocenters. The summed E-state index contributed by atoms with van der Waals surface area (Å²) in [5, 5.41) is 4.20. The predicted molar refractivity (Wildman–Crippen MR) is 119 cm³/mol. The minimum Gasteiger partial charge on any atom is -0.492 e. The molecule has 2 aromatic rings. The van der Waals surface area contributed by atoms with Crippen molar-refractivity contribution in [1.29, 1.82) is 0 Å². The third-order valence-corrected chi connectivity index (χ3v) is 5.67. The topological polar surface area (TPSA) is 33.7 Å². The van der Waals surface area contributed by atoms with Crippen LogP contribution in [0.2, 0.25) is 5.02 Å². The summed E-state index contributed by atoms with van der Waals surface area (Å²) in [4.78, 5) is 2.26. The van der Waals surface area contributed by atoms with Gasteiger partial charge in [0.25, 0.3) is 0 Å². The van der Waals surface area contributed by atoms with E-state index in [0.29, 0.717) is 13.2 Å². The molecule has 7 heteroatoms. The number of benzene rings is 2. The highest BCUT2D eigenvalue weighted by Crippen LogP contribution is 2.34. The Morgan fingerprint density at radius 1 is 1.19 bits per heavy atom. The van der Waals surface area contributed by atoms with Crippen LogP contribution in [0.1, 0.15) is 18.9 Å². The molecule has 1 aliphatic heterocycles. The fourth-order valence-electron chi connectivity index (χ4n) is 2.99. The maximum Gasteiger partial charge on any atom is 0.138 e. The van der Waals surface area contributed by atoms with Gasteiger partial charge in [0, 0.05) is 35.4 Å². The molecule has 1 saturated heterocycles. The third-order valence-electron chi connectivity index (χ3n) is 4.32. The lowest BCUT2D eigenvalue weighted by Gasteiger charge is -2.29. The van der Waals surface area contributed by atoms with Gasteiger partial charge in [0.05, 0.1) is 35.0 Å². The van der Waals surface area contributed by atoms with Crippen molar-refractivity contribution < 1.29 is 9.47 Å². The van der Waals surface area contributed by atoms with Crippen molar-refractivity contribution in [3.63, 3.8) is 0 Å². The second-order valence-electron chi connectivity index (χ2n) is 6.34. The van der Waals surface area contributed by atoms with Crippen molar-refractivity contribution in [3.8, 4) is 5.75 Å². The molecule has 1 heterocycles. The minimum atomic E-state index is 0.643. The summed E-state index contributed by atoms with van der Waals surface area (Å²) in [5.74, 6) is 0.878. The van der Waals surface area contributed by atoms with Gasteiger partial charge in [-0.2, -0.15) is 0 Å². The lowest BCUT2D eigenvalue weighted by molar-refractivity contribution is 0.122. The fraction of sp³-hybridized carbons (Fsp3) is 0.400. The molecule has 3 rings (SSSR count). The summed E-state index contributed by atoms with van der Waals surface area (Å²) in [6.07, 6.45) is 0.966. The van der Waals surface area contributed by atoms with E-state index in [9.17, 15) is 0 Å². The lowest BCUT2D eigenvalue weighted by Crippen LogP contribution is -2.36. The standard InChI is InChI=1S/C20H23Br2ClN2O2/c1-2-7-27-20-14(10-15(21)11-17(20)22)13-24-16-3-4-19(18(23)12-16)25-5-8-26-9-6-25/h3-4,10-12,24H,2,5-9,13H2,1H3. The molecule has 2 aromatic carbocycles. The van der Waals surface area contributed by atoms with E-state index in [1.807, 2.05) is 12.1 Å². The van der Waals surface area contributed by atoms with Gasteiger partial charge in [0.15, 0.2) is 0 Å². The molecule has 0 amide bonds. The zero-order chi connectivity index (χ0) is 19.2. The molecule has 0 radical (unpaired) electrons. The number of nitrogens with zero attached hydrogens (tertiary/aromatic N) is 1. The largest absolute Gasteiger partial charge is 0.492 e. The van der Waals surface area contributed by atoms with Crippen molar-refractivity contribution in [3.05, 3.63) is 49.9 Å². The second-order valence-corrected chi connectivity index (χ2v) is 8.52. The quantitative estimate of drug-likeness (QED) is 0.480. The smallest absolute Gasteiger partial charge is 0.138 e. The highest BCUT2D eigenvalue weighted by molar-refractivity contribution is 9.11. The van der Waals surface area contributed by atoms with E-state index in [1.54, 1.807) is 0 Å². The monoisotopic (exact) mass is 516 g/mol. The number of hydrogen-bond donors (Lipinski definition) is 1. The number of halogens is 3. The van der Waals surface area contributed by atoms with Crippen LogP contribution in [0.25, 0.3) is 0 Å². The van der Waals surface area contributed by atoms with Crippen molar-refractivity contribution in [2.75, 3.05) is 43.1 Å². The molecule has 146 valence electrons. The maximum absolute atomic E-state index is 6.53. The molecule has 0 bridgehead atoms. The third kappa shape index (κ3) is 5.53. The molecule has 0 unspecified atom stereocenters. The van der Waals surface area contributed by atoms with Crippen LogP contribution in [0, 0.1) is 0 Å². The summed E-state index contributed by atoms with van der Waals surface area (Å²) in [7, 11) is 0. The predicted octanol–water partition coefficient (Wildman–Crippen LogP) is 6.10. The van der Waals surface area contributed by atoms with Gasteiger partial charge in [0.2, 0.25) is 0 Å². The summed E-state index contributed by atoms with van der Waals surface area (Å²) in [5.41, 5.74) is 3.12. The van der Waals surface area contributed by atoms with Crippen LogP contribution in [-0.2, 0) is 11.3 Å². The molecular weight excluding hydrogens is 495 g/mol. The molecule has 0 saturated carbocycles. The zero-order valence-electron chi connectivity index (χ0n) is 15.2. The Morgan fingerprint density at radius 3 is 2.67 bits per heavy atom. The van der Waals surface area contributed by atoms with Gasteiger partial charge < -0.3 is 19.7 Å². The molecule has 27 heavy (non-hydrogen) atoms. The zero-order valence-corrected chi connectivity index (χ0v) is 19.2. The van der Waals surface area contributed by atoms with Crippen LogP contribution in [0.3, 0.4) is 0 Å². The average molecular weight is 519 g/mol. The summed E-state index contributed by atoms with van der Waals surface area (Å²) in [6, 6.07) is 10.2. The van der Waals surface area contributed by atoms with E-state index in [1.165, 1.54) is 0 Å². The fourth-order valence-corrected chi connectivity index (χ4v) is 4.71. The number of morpholine rings is 1. The van der Waals surface area contributed by atoms with Gasteiger partial charge in [0.1, 0.15) is 5.75 Å². The van der Waals surface area contributed by atoms with Crippen LogP contribution in [0.5, 0.6) is 5.75 Å². The molecule has 0 aliphatic carbocycles. The Labute approximate surface area is 182 Å². The molecule has 0 spiro atoms. The number of hydrogen-bond acceptors (Lipinski definition) is 4. The number of ether oxygens (including phenoxy) is 2. The highest BCUT2D eigenvalue weighted by Gasteiger charge is 2.15. The first-order valence-corrected chi connectivity index (χ1v) is 11.0. The van der Waals surface area contributed by atoms with Gasteiger partial charge in [-0.3, -0.25) is 0 Å². The van der Waals surface area contributed by atoms with E-state index in [0.717, 1.165) is 69.4 Å². The first-order chi connectivity index (χ1) is 13.1. The number of anilines is 2. The maximum atomic E-state index is 6.53. The van der Waals surface area contributed by atoms with E-state index < -0.39 is 0 Å². The van der Waals surface area contributed by atoms with Crippen LogP contribution < -0.4 is 15.0 Å². The summed E-state index contributed by atoms with van der Waals surface area (Å²) in [6.45, 7) is 6.66. The minimum absolute atomic E-state index is 0.643. The highest BCUT2D eigenvalue weighted by atomic mass is 79.9. The molecule has 0 aromatic heterocycles. The van der Waals surface area contributed by atoms with Crippen molar-refractivity contribution >= 4 is 54.8 Å². The SMILES string of the molecule is CCCOc1c(Br)cc(Br)cc1CNc1ccc(N2CCOCC2)c(Cl)c1. The van der Waals surface area contributed by atoms with Gasteiger partial charge in [-0.05, 0) is 52.7 Å². The number of nitrogens with one attached hydrogen (secondary N) is 1. The van der Waals surface area contributed by atoms with Crippen molar-refractivity contribution in [2.24, 2.45) is 0 Å². The molecule has 4 nitrogen and oxygen atoms in total. The number of rotatable bonds is 7. The van der Waals surface area contributed by atoms with Crippen molar-refractivity contribution in [1.82, 2.24) is 0 Å². The van der Waals surface area contributed by atoms with Crippen LogP contribution >= 0.6 is 43.5 Å². The Morgan fingerprint density at radius 2 is 1.96 bits per heavy atom. The van der Waals surface area contributed by atoms with E-state index in [2.05, 4.69) is 67.2 Å². The average Bonchev–Trinajstić information content (AvgIpc) is 2.66. The van der Waals surface area contributed by atoms with E-state index in [4.69, 9.17) is 21.1 Å². The summed E-state index contributed by atoms with van der Waals surface area (Å²) < 4.78 is 13.3. The molecule has 1 fully saturated rings. The van der Waals surface area contributed by atoms with Gasteiger partial charge >= 0.3 is 0 Å². The van der Waals surface area contributed by atoms with Crippen LogP contribution in [0.15, 0.2) is 39.3 Å². The second kappa shape index (κ2) is 10.0. The van der Waals surface area contributed by atoms with E-state index in [-0.39, 0.29) is 0 Å². The summed E-state index contributed by atoms with van der Waals surface area (Å²) >= 11 is 13.7. The normalized spacial score (nSPS) is 14.3. The molecule has 1 aliphatic rings. The Bertz CT molecular complexity index is 783. The lowest BCUT2D eigenvalue weighted by atomic mass is 10.2. The molecular formula is C20H23Br2ClN2O2. The van der Waals surface area contributed by atoms with Crippen LogP contribution in [-0.4, -0.2) is 32.9 Å². The first kappa shape index (κ1) is 20.8. The Balaban J connectivity index is 1.72. The van der Waals surface area contributed by atoms with E-state index >= 15 is 0 Å². The van der Waals surface area contributed by atoms with Gasteiger partial charge in [-0.1, -0.05) is 34.5 Å². The van der Waals surface area contributed by atoms with Crippen molar-refractivity contribution in [2.45, 2.75) is 19.9 Å². The van der Waals surface area contributed by atoms with Crippen LogP contribution in [0.4, 0.5) is 11.4 Å². The molecule has 1 N–H and O–H groups in total. The Kier molecular flexibility index (Phi) is 7.70. The first-order valence-electron chi connectivity index (χ1n) is 9.05. The van der Waals surface area contributed by atoms with Gasteiger partial charge in [-0.15, -0.1) is 0 Å². The van der Waals surface area contributed by atoms with Gasteiger partial charge in [-0.25, -0.2) is 0 Å².